The van der Waals surface area contributed by atoms with Gasteiger partial charge in [0.25, 0.3) is 0 Å². The number of nitrogens with two attached hydrogens (primary N) is 1. The zero-order valence-electron chi connectivity index (χ0n) is 22.7. The van der Waals surface area contributed by atoms with Gasteiger partial charge in [-0.1, -0.05) is 35.9 Å². The van der Waals surface area contributed by atoms with Gasteiger partial charge >= 0.3 is 12.0 Å². The third-order valence-corrected chi connectivity index (χ3v) is 7.19. The fourth-order valence-corrected chi connectivity index (χ4v) is 5.10. The van der Waals surface area contributed by atoms with E-state index >= 15 is 0 Å². The predicted molar refractivity (Wildman–Crippen MR) is 153 cm³/mol. The van der Waals surface area contributed by atoms with Gasteiger partial charge in [0, 0.05) is 6.54 Å². The fraction of sp³-hybridized carbons (Fsp3) is 0.300. The van der Waals surface area contributed by atoms with Crippen LogP contribution in [0, 0.1) is 6.92 Å². The standard InChI is InChI=1S/C30H32ClN3O6/c1-19-7-4-5-9-24(19)34(30(32)37)25-12-10-20(15-27(25)38-2)16-28(35)33-14-6-8-22(33)18-40-26-13-11-21(17-23(26)31)29(36)39-3/h4-5,7,9-13,15,17,22H,6,8,14,16,18H2,1-3H3,(H2,32,37). The highest BCUT2D eigenvalue weighted by atomic mass is 35.5. The number of esters is 1. The van der Waals surface area contributed by atoms with Crippen LogP contribution in [0.2, 0.25) is 5.02 Å². The second-order valence-corrected chi connectivity index (χ2v) is 9.88. The Morgan fingerprint density at radius 2 is 1.80 bits per heavy atom. The van der Waals surface area contributed by atoms with E-state index in [1.54, 1.807) is 30.3 Å². The molecule has 40 heavy (non-hydrogen) atoms. The first-order valence-corrected chi connectivity index (χ1v) is 13.2. The number of urea groups is 1. The average molecular weight is 566 g/mol. The molecule has 0 radical (unpaired) electrons. The van der Waals surface area contributed by atoms with Gasteiger partial charge in [0.15, 0.2) is 0 Å². The van der Waals surface area contributed by atoms with Crippen LogP contribution in [0.15, 0.2) is 60.7 Å². The molecule has 2 N–H and O–H groups in total. The summed E-state index contributed by atoms with van der Waals surface area (Å²) in [6, 6.07) is 16.7. The number of likely N-dealkylation sites (tertiary alicyclic amines) is 1. The van der Waals surface area contributed by atoms with Gasteiger partial charge in [0.05, 0.1) is 48.6 Å². The van der Waals surface area contributed by atoms with Crippen molar-refractivity contribution in [3.63, 3.8) is 0 Å². The van der Waals surface area contributed by atoms with Crippen molar-refractivity contribution in [2.24, 2.45) is 5.73 Å². The normalized spacial score (nSPS) is 14.5. The fourth-order valence-electron chi connectivity index (χ4n) is 4.86. The summed E-state index contributed by atoms with van der Waals surface area (Å²) in [7, 11) is 2.82. The second-order valence-electron chi connectivity index (χ2n) is 9.47. The van der Waals surface area contributed by atoms with Crippen molar-refractivity contribution in [2.45, 2.75) is 32.2 Å². The number of primary amides is 1. The maximum absolute atomic E-state index is 13.3. The first-order chi connectivity index (χ1) is 19.2. The number of aryl methyl sites for hydroxylation is 1. The molecule has 3 amide bonds. The molecule has 0 spiro atoms. The van der Waals surface area contributed by atoms with Crippen molar-refractivity contribution in [3.05, 3.63) is 82.4 Å². The first kappa shape index (κ1) is 28.8. The Kier molecular flexibility index (Phi) is 9.16. The molecule has 0 aliphatic carbocycles. The quantitative estimate of drug-likeness (QED) is 0.354. The summed E-state index contributed by atoms with van der Waals surface area (Å²) in [5.74, 6) is 0.335. The monoisotopic (exact) mass is 565 g/mol. The molecule has 1 fully saturated rings. The van der Waals surface area contributed by atoms with Gasteiger partial charge in [0.1, 0.15) is 18.1 Å². The van der Waals surface area contributed by atoms with Crippen LogP contribution >= 0.6 is 11.6 Å². The lowest BCUT2D eigenvalue weighted by atomic mass is 10.1. The SMILES string of the molecule is COC(=O)c1ccc(OCC2CCCN2C(=O)Cc2ccc(N(C(N)=O)c3ccccc3C)c(OC)c2)c(Cl)c1. The smallest absolute Gasteiger partial charge is 0.337 e. The zero-order valence-corrected chi connectivity index (χ0v) is 23.4. The van der Waals surface area contributed by atoms with Crippen molar-refractivity contribution in [1.29, 1.82) is 0 Å². The summed E-state index contributed by atoms with van der Waals surface area (Å²) < 4.78 is 16.2. The number of halogens is 1. The summed E-state index contributed by atoms with van der Waals surface area (Å²) in [4.78, 5) is 40.7. The van der Waals surface area contributed by atoms with Gasteiger partial charge in [-0.25, -0.2) is 9.59 Å². The molecule has 9 nitrogen and oxygen atoms in total. The molecule has 0 saturated carbocycles. The molecule has 3 aromatic carbocycles. The van der Waals surface area contributed by atoms with E-state index in [9.17, 15) is 14.4 Å². The molecule has 0 bridgehead atoms. The predicted octanol–water partition coefficient (Wildman–Crippen LogP) is 5.27. The summed E-state index contributed by atoms with van der Waals surface area (Å²) in [6.45, 7) is 2.79. The number of amides is 3. The van der Waals surface area contributed by atoms with Gasteiger partial charge < -0.3 is 24.8 Å². The molecule has 0 aromatic heterocycles. The van der Waals surface area contributed by atoms with E-state index in [2.05, 4.69) is 0 Å². The molecule has 1 aliphatic rings. The first-order valence-electron chi connectivity index (χ1n) is 12.9. The summed E-state index contributed by atoms with van der Waals surface area (Å²) in [5, 5.41) is 0.293. The van der Waals surface area contributed by atoms with E-state index in [4.69, 9.17) is 31.5 Å². The van der Waals surface area contributed by atoms with Gasteiger partial charge in [-0.15, -0.1) is 0 Å². The lowest BCUT2D eigenvalue weighted by Crippen LogP contribution is -2.40. The number of hydrogen-bond donors (Lipinski definition) is 1. The van der Waals surface area contributed by atoms with E-state index in [0.29, 0.717) is 40.0 Å². The van der Waals surface area contributed by atoms with E-state index in [1.807, 2.05) is 36.1 Å². The number of para-hydroxylation sites is 1. The number of ether oxygens (including phenoxy) is 3. The minimum atomic E-state index is -0.642. The zero-order chi connectivity index (χ0) is 28.8. The minimum Gasteiger partial charge on any atom is -0.495 e. The third-order valence-electron chi connectivity index (χ3n) is 6.90. The van der Waals surface area contributed by atoms with E-state index in [-0.39, 0.29) is 25.0 Å². The Labute approximate surface area is 238 Å². The van der Waals surface area contributed by atoms with E-state index in [0.717, 1.165) is 24.0 Å². The summed E-state index contributed by atoms with van der Waals surface area (Å²) >= 11 is 6.30. The summed E-state index contributed by atoms with van der Waals surface area (Å²) in [6.07, 6.45) is 1.82. The molecule has 1 unspecified atom stereocenters. The van der Waals surface area contributed by atoms with Crippen molar-refractivity contribution >= 4 is 40.9 Å². The molecule has 1 saturated heterocycles. The lowest BCUT2D eigenvalue weighted by molar-refractivity contribution is -0.131. The number of nitrogens with zero attached hydrogens (tertiary/aromatic N) is 2. The molecule has 1 heterocycles. The number of carbonyl (C=O) groups is 3. The van der Waals surface area contributed by atoms with Crippen LogP contribution in [-0.2, 0) is 16.0 Å². The highest BCUT2D eigenvalue weighted by molar-refractivity contribution is 6.32. The number of hydrogen-bond acceptors (Lipinski definition) is 6. The highest BCUT2D eigenvalue weighted by Crippen LogP contribution is 2.36. The Bertz CT molecular complexity index is 1410. The van der Waals surface area contributed by atoms with Crippen LogP contribution in [0.4, 0.5) is 16.2 Å². The van der Waals surface area contributed by atoms with Gasteiger partial charge in [0.2, 0.25) is 5.91 Å². The average Bonchev–Trinajstić information content (AvgIpc) is 3.42. The number of anilines is 2. The van der Waals surface area contributed by atoms with Gasteiger partial charge in [-0.3, -0.25) is 9.69 Å². The summed E-state index contributed by atoms with van der Waals surface area (Å²) in [5.41, 5.74) is 8.84. The van der Waals surface area contributed by atoms with E-state index in [1.165, 1.54) is 25.2 Å². The number of carbonyl (C=O) groups excluding carboxylic acids is 3. The second kappa shape index (κ2) is 12.7. The molecular weight excluding hydrogens is 534 g/mol. The minimum absolute atomic E-state index is 0.0429. The van der Waals surface area contributed by atoms with Gasteiger partial charge in [-0.05, 0) is 67.3 Å². The number of methoxy groups -OCH3 is 2. The van der Waals surface area contributed by atoms with Crippen LogP contribution < -0.4 is 20.1 Å². The largest absolute Gasteiger partial charge is 0.495 e. The van der Waals surface area contributed by atoms with Crippen molar-refractivity contribution in [2.75, 3.05) is 32.3 Å². The number of benzene rings is 3. The third kappa shape index (κ3) is 6.31. The molecule has 1 atom stereocenters. The van der Waals surface area contributed by atoms with Crippen LogP contribution in [0.3, 0.4) is 0 Å². The maximum atomic E-state index is 13.3. The molecule has 4 rings (SSSR count). The van der Waals surface area contributed by atoms with Crippen LogP contribution in [0.25, 0.3) is 0 Å². The highest BCUT2D eigenvalue weighted by Gasteiger charge is 2.30. The van der Waals surface area contributed by atoms with Crippen LogP contribution in [-0.4, -0.2) is 56.2 Å². The van der Waals surface area contributed by atoms with Crippen molar-refractivity contribution in [1.82, 2.24) is 4.90 Å². The molecule has 210 valence electrons. The van der Waals surface area contributed by atoms with Crippen LogP contribution in [0.5, 0.6) is 11.5 Å². The Morgan fingerprint density at radius 1 is 1.02 bits per heavy atom. The lowest BCUT2D eigenvalue weighted by Gasteiger charge is -2.26. The van der Waals surface area contributed by atoms with Gasteiger partial charge in [-0.2, -0.15) is 0 Å². The Hall–Kier alpha value is -4.24. The molecular formula is C30H32ClN3O6. The van der Waals surface area contributed by atoms with Crippen molar-refractivity contribution < 1.29 is 28.6 Å². The molecule has 1 aliphatic heterocycles. The van der Waals surface area contributed by atoms with Crippen LogP contribution in [0.1, 0.15) is 34.3 Å². The van der Waals surface area contributed by atoms with E-state index < -0.39 is 12.0 Å². The topological polar surface area (TPSA) is 111 Å². The van der Waals surface area contributed by atoms with Crippen molar-refractivity contribution in [3.8, 4) is 11.5 Å². The Balaban J connectivity index is 1.46. The molecule has 10 heteroatoms. The molecule has 3 aromatic rings. The Morgan fingerprint density at radius 3 is 2.48 bits per heavy atom. The maximum Gasteiger partial charge on any atom is 0.337 e. The number of rotatable bonds is 9.